The van der Waals surface area contributed by atoms with Crippen molar-refractivity contribution in [2.75, 3.05) is 20.8 Å². The third-order valence-corrected chi connectivity index (χ3v) is 7.10. The summed E-state index contributed by atoms with van der Waals surface area (Å²) in [5.74, 6) is 0.518. The Morgan fingerprint density at radius 1 is 1.06 bits per heavy atom. The lowest BCUT2D eigenvalue weighted by atomic mass is 10.2. The number of benzene rings is 3. The number of carbonyl (C=O) groups is 1. The Morgan fingerprint density at radius 2 is 1.80 bits per heavy atom. The second-order valence-corrected chi connectivity index (χ2v) is 9.99. The Morgan fingerprint density at radius 3 is 2.46 bits per heavy atom. The molecule has 184 valence electrons. The molecule has 0 saturated carbocycles. The molecule has 3 aromatic carbocycles. The summed E-state index contributed by atoms with van der Waals surface area (Å²) in [5.41, 5.74) is 4.53. The van der Waals surface area contributed by atoms with Crippen molar-refractivity contribution in [1.29, 1.82) is 0 Å². The van der Waals surface area contributed by atoms with Crippen molar-refractivity contribution >= 4 is 33.7 Å². The molecule has 0 radical (unpaired) electrons. The lowest BCUT2D eigenvalue weighted by molar-refractivity contribution is -0.121. The first-order valence-electron chi connectivity index (χ1n) is 10.6. The topological polar surface area (TPSA) is 97.3 Å². The standard InChI is InChI=1S/C25H26ClN3O5S/c1-18-7-10-23(11-8-18)35(31,32)29(16-19-5-4-6-21(26)13-19)17-25(30)28-27-15-20-14-22(33-2)9-12-24(20)34-3/h4-15H,16-17H2,1-3H3,(H,28,30)/b27-15-. The van der Waals surface area contributed by atoms with Gasteiger partial charge in [0.1, 0.15) is 11.5 Å². The van der Waals surface area contributed by atoms with Gasteiger partial charge in [-0.2, -0.15) is 9.41 Å². The number of sulfonamides is 1. The molecule has 0 bridgehead atoms. The third-order valence-electron chi connectivity index (χ3n) is 5.06. The van der Waals surface area contributed by atoms with Crippen LogP contribution in [0.1, 0.15) is 16.7 Å². The number of carbonyl (C=O) groups excluding carboxylic acids is 1. The molecule has 0 heterocycles. The van der Waals surface area contributed by atoms with Crippen molar-refractivity contribution in [2.45, 2.75) is 18.4 Å². The maximum atomic E-state index is 13.4. The smallest absolute Gasteiger partial charge is 0.255 e. The van der Waals surface area contributed by atoms with Crippen LogP contribution >= 0.6 is 11.6 Å². The summed E-state index contributed by atoms with van der Waals surface area (Å²) >= 11 is 6.07. The molecule has 0 aromatic heterocycles. The zero-order valence-electron chi connectivity index (χ0n) is 19.6. The Labute approximate surface area is 210 Å². The van der Waals surface area contributed by atoms with Gasteiger partial charge < -0.3 is 9.47 Å². The minimum Gasteiger partial charge on any atom is -0.497 e. The molecule has 10 heteroatoms. The monoisotopic (exact) mass is 515 g/mol. The number of halogens is 1. The molecule has 0 aliphatic carbocycles. The first-order chi connectivity index (χ1) is 16.7. The Kier molecular flexibility index (Phi) is 8.86. The number of methoxy groups -OCH3 is 2. The van der Waals surface area contributed by atoms with Gasteiger partial charge in [-0.25, -0.2) is 13.8 Å². The highest BCUT2D eigenvalue weighted by Gasteiger charge is 2.27. The molecule has 1 N–H and O–H groups in total. The molecule has 0 aliphatic heterocycles. The van der Waals surface area contributed by atoms with Crippen molar-refractivity contribution in [3.8, 4) is 11.5 Å². The normalized spacial score (nSPS) is 11.6. The summed E-state index contributed by atoms with van der Waals surface area (Å²) in [5, 5.41) is 4.43. The van der Waals surface area contributed by atoms with Gasteiger partial charge >= 0.3 is 0 Å². The maximum absolute atomic E-state index is 13.4. The molecule has 35 heavy (non-hydrogen) atoms. The third kappa shape index (κ3) is 7.05. The summed E-state index contributed by atoms with van der Waals surface area (Å²) in [6.45, 7) is 1.37. The summed E-state index contributed by atoms with van der Waals surface area (Å²) < 4.78 is 38.3. The van der Waals surface area contributed by atoms with Crippen molar-refractivity contribution in [2.24, 2.45) is 5.10 Å². The molecule has 0 aliphatic rings. The molecular weight excluding hydrogens is 490 g/mol. The maximum Gasteiger partial charge on any atom is 0.255 e. The second kappa shape index (κ2) is 11.8. The average molecular weight is 516 g/mol. The van der Waals surface area contributed by atoms with E-state index < -0.39 is 22.5 Å². The number of hydrogen-bond acceptors (Lipinski definition) is 6. The molecule has 0 fully saturated rings. The van der Waals surface area contributed by atoms with Gasteiger partial charge in [-0.3, -0.25) is 4.79 Å². The zero-order chi connectivity index (χ0) is 25.4. The van der Waals surface area contributed by atoms with E-state index in [9.17, 15) is 13.2 Å². The van der Waals surface area contributed by atoms with E-state index in [1.165, 1.54) is 32.6 Å². The van der Waals surface area contributed by atoms with Gasteiger partial charge in [0.15, 0.2) is 0 Å². The number of nitrogens with zero attached hydrogens (tertiary/aromatic N) is 2. The fourth-order valence-electron chi connectivity index (χ4n) is 3.23. The number of nitrogens with one attached hydrogen (secondary N) is 1. The Bertz CT molecular complexity index is 1310. The molecular formula is C25H26ClN3O5S. The SMILES string of the molecule is COc1ccc(OC)c(/C=N\NC(=O)CN(Cc2cccc(Cl)c2)S(=O)(=O)c2ccc(C)cc2)c1. The zero-order valence-corrected chi connectivity index (χ0v) is 21.1. The fraction of sp³-hybridized carbons (Fsp3) is 0.200. The van der Waals surface area contributed by atoms with E-state index in [1.54, 1.807) is 54.6 Å². The molecule has 0 saturated heterocycles. The summed E-state index contributed by atoms with van der Waals surface area (Å²) in [7, 11) is -0.929. The highest BCUT2D eigenvalue weighted by Crippen LogP contribution is 2.23. The second-order valence-electron chi connectivity index (χ2n) is 7.62. The van der Waals surface area contributed by atoms with Gasteiger partial charge in [-0.05, 0) is 55.0 Å². The van der Waals surface area contributed by atoms with E-state index in [0.717, 1.165) is 9.87 Å². The molecule has 0 atom stereocenters. The van der Waals surface area contributed by atoms with Crippen molar-refractivity contribution < 1.29 is 22.7 Å². The largest absolute Gasteiger partial charge is 0.497 e. The van der Waals surface area contributed by atoms with Crippen molar-refractivity contribution in [1.82, 2.24) is 9.73 Å². The Hall–Kier alpha value is -3.40. The Balaban J connectivity index is 1.81. The van der Waals surface area contributed by atoms with Crippen LogP contribution in [0.25, 0.3) is 0 Å². The van der Waals surface area contributed by atoms with Crippen LogP contribution in [-0.4, -0.2) is 45.6 Å². The van der Waals surface area contributed by atoms with Gasteiger partial charge in [-0.1, -0.05) is 41.4 Å². The number of hydrazone groups is 1. The minimum atomic E-state index is -3.98. The number of amides is 1. The van der Waals surface area contributed by atoms with Crippen LogP contribution < -0.4 is 14.9 Å². The fourth-order valence-corrected chi connectivity index (χ4v) is 4.83. The molecule has 3 rings (SSSR count). The van der Waals surface area contributed by atoms with Crippen LogP contribution in [0.4, 0.5) is 0 Å². The highest BCUT2D eigenvalue weighted by molar-refractivity contribution is 7.89. The lowest BCUT2D eigenvalue weighted by Crippen LogP contribution is -2.39. The first kappa shape index (κ1) is 26.2. The summed E-state index contributed by atoms with van der Waals surface area (Å²) in [6, 6.07) is 18.4. The van der Waals surface area contributed by atoms with Crippen molar-refractivity contribution in [3.63, 3.8) is 0 Å². The highest BCUT2D eigenvalue weighted by atomic mass is 35.5. The van der Waals surface area contributed by atoms with Gasteiger partial charge in [0.2, 0.25) is 10.0 Å². The number of aryl methyl sites for hydroxylation is 1. The quantitative estimate of drug-likeness (QED) is 0.325. The minimum absolute atomic E-state index is 0.0440. The van der Waals surface area contributed by atoms with Gasteiger partial charge in [0, 0.05) is 17.1 Å². The van der Waals surface area contributed by atoms with E-state index >= 15 is 0 Å². The number of hydrogen-bond donors (Lipinski definition) is 1. The van der Waals surface area contributed by atoms with Crippen LogP contribution in [-0.2, 0) is 21.4 Å². The first-order valence-corrected chi connectivity index (χ1v) is 12.4. The van der Waals surface area contributed by atoms with Gasteiger partial charge in [0.05, 0.1) is 31.9 Å². The molecule has 1 amide bonds. The van der Waals surface area contributed by atoms with Crippen LogP contribution in [0.15, 0.2) is 76.7 Å². The van der Waals surface area contributed by atoms with Gasteiger partial charge in [-0.15, -0.1) is 0 Å². The molecule has 0 unspecified atom stereocenters. The van der Waals surface area contributed by atoms with Crippen LogP contribution in [0.2, 0.25) is 5.02 Å². The summed E-state index contributed by atoms with van der Waals surface area (Å²) in [6.07, 6.45) is 1.40. The number of rotatable bonds is 10. The molecule has 8 nitrogen and oxygen atoms in total. The van der Waals surface area contributed by atoms with E-state index in [4.69, 9.17) is 21.1 Å². The molecule has 3 aromatic rings. The predicted octanol–water partition coefficient (Wildman–Crippen LogP) is 4.01. The summed E-state index contributed by atoms with van der Waals surface area (Å²) in [4.78, 5) is 12.8. The lowest BCUT2D eigenvalue weighted by Gasteiger charge is -2.21. The average Bonchev–Trinajstić information content (AvgIpc) is 2.84. The predicted molar refractivity (Wildman–Crippen MR) is 136 cm³/mol. The van der Waals surface area contributed by atoms with E-state index in [-0.39, 0.29) is 11.4 Å². The molecule has 0 spiro atoms. The number of ether oxygens (including phenoxy) is 2. The van der Waals surface area contributed by atoms with E-state index in [2.05, 4.69) is 10.5 Å². The van der Waals surface area contributed by atoms with Gasteiger partial charge in [0.25, 0.3) is 5.91 Å². The van der Waals surface area contributed by atoms with Crippen LogP contribution in [0.3, 0.4) is 0 Å². The van der Waals surface area contributed by atoms with E-state index in [1.807, 2.05) is 6.92 Å². The van der Waals surface area contributed by atoms with Crippen molar-refractivity contribution in [3.05, 3.63) is 88.4 Å². The van der Waals surface area contributed by atoms with Crippen LogP contribution in [0, 0.1) is 6.92 Å². The van der Waals surface area contributed by atoms with Crippen LogP contribution in [0.5, 0.6) is 11.5 Å². The van der Waals surface area contributed by atoms with E-state index in [0.29, 0.717) is 27.6 Å².